The van der Waals surface area contributed by atoms with Gasteiger partial charge in [-0.15, -0.1) is 0 Å². The number of hydrogen-bond donors (Lipinski definition) is 2. The van der Waals surface area contributed by atoms with Crippen molar-refractivity contribution in [2.45, 2.75) is 32.7 Å². The molecule has 2 N–H and O–H groups in total. The van der Waals surface area contributed by atoms with E-state index >= 15 is 0 Å². The van der Waals surface area contributed by atoms with E-state index in [0.717, 1.165) is 5.76 Å². The van der Waals surface area contributed by atoms with Crippen molar-refractivity contribution in [1.29, 1.82) is 0 Å². The number of allylic oxidation sites excluding steroid dienone is 2. The molecule has 1 aromatic heterocycles. The lowest BCUT2D eigenvalue weighted by molar-refractivity contribution is -0.147. The van der Waals surface area contributed by atoms with Crippen molar-refractivity contribution in [2.75, 3.05) is 0 Å². The first-order chi connectivity index (χ1) is 9.49. The monoisotopic (exact) mass is 277 g/mol. The average molecular weight is 277 g/mol. The predicted molar refractivity (Wildman–Crippen MR) is 73.0 cm³/mol. The number of carboxylic acid groups (broad SMARTS) is 1. The molecular weight excluding hydrogens is 258 g/mol. The minimum atomic E-state index is -0.920. The quantitative estimate of drug-likeness (QED) is 0.828. The van der Waals surface area contributed by atoms with Gasteiger partial charge in [0.05, 0.1) is 17.9 Å². The van der Waals surface area contributed by atoms with E-state index in [4.69, 9.17) is 4.42 Å². The lowest BCUT2D eigenvalue weighted by atomic mass is 9.82. The minimum Gasteiger partial charge on any atom is -0.481 e. The molecule has 3 atom stereocenters. The van der Waals surface area contributed by atoms with Crippen LogP contribution in [0, 0.1) is 18.8 Å². The van der Waals surface area contributed by atoms with Crippen LogP contribution in [0.15, 0.2) is 28.7 Å². The molecule has 1 aliphatic carbocycles. The maximum absolute atomic E-state index is 12.3. The number of carboxylic acids is 1. The Bertz CT molecular complexity index is 532. The van der Waals surface area contributed by atoms with E-state index in [9.17, 15) is 14.7 Å². The fourth-order valence-electron chi connectivity index (χ4n) is 2.45. The van der Waals surface area contributed by atoms with Crippen LogP contribution in [0.3, 0.4) is 0 Å². The standard InChI is InChI=1S/C15H19NO4/c1-9-7-8-13(20-9)10(2)16-14(17)11-5-3-4-6-12(11)15(18)19/h3-4,7-8,10-12H,5-6H2,1-2H3,(H,16,17)(H,18,19)/t10?,11-,12+/m1/s1. The van der Waals surface area contributed by atoms with E-state index in [0.29, 0.717) is 18.6 Å². The van der Waals surface area contributed by atoms with E-state index in [1.807, 2.05) is 38.1 Å². The van der Waals surface area contributed by atoms with E-state index in [-0.39, 0.29) is 11.9 Å². The summed E-state index contributed by atoms with van der Waals surface area (Å²) >= 11 is 0. The number of nitrogens with one attached hydrogen (secondary N) is 1. The molecule has 0 saturated carbocycles. The fourth-order valence-corrected chi connectivity index (χ4v) is 2.45. The van der Waals surface area contributed by atoms with Crippen LogP contribution in [0.4, 0.5) is 0 Å². The smallest absolute Gasteiger partial charge is 0.307 e. The lowest BCUT2D eigenvalue weighted by Crippen LogP contribution is -2.39. The third-order valence-electron chi connectivity index (χ3n) is 3.63. The van der Waals surface area contributed by atoms with Gasteiger partial charge in [0.2, 0.25) is 5.91 Å². The van der Waals surface area contributed by atoms with E-state index in [1.165, 1.54) is 0 Å². The molecule has 1 heterocycles. The molecule has 20 heavy (non-hydrogen) atoms. The van der Waals surface area contributed by atoms with Gasteiger partial charge in [0.1, 0.15) is 11.5 Å². The topological polar surface area (TPSA) is 79.5 Å². The summed E-state index contributed by atoms with van der Waals surface area (Å²) in [7, 11) is 0. The van der Waals surface area contributed by atoms with Crippen LogP contribution in [-0.4, -0.2) is 17.0 Å². The predicted octanol–water partition coefficient (Wildman–Crippen LogP) is 2.43. The van der Waals surface area contributed by atoms with Crippen LogP contribution < -0.4 is 5.32 Å². The largest absolute Gasteiger partial charge is 0.481 e. The highest BCUT2D eigenvalue weighted by atomic mass is 16.4. The Labute approximate surface area is 117 Å². The van der Waals surface area contributed by atoms with E-state index in [2.05, 4.69) is 5.32 Å². The Hall–Kier alpha value is -2.04. The molecule has 0 aromatic carbocycles. The second-order valence-electron chi connectivity index (χ2n) is 5.17. The van der Waals surface area contributed by atoms with Gasteiger partial charge in [-0.3, -0.25) is 9.59 Å². The third kappa shape index (κ3) is 3.10. The lowest BCUT2D eigenvalue weighted by Gasteiger charge is -2.25. The Balaban J connectivity index is 2.03. The maximum Gasteiger partial charge on any atom is 0.307 e. The first-order valence-corrected chi connectivity index (χ1v) is 6.73. The Morgan fingerprint density at radius 3 is 2.50 bits per heavy atom. The third-order valence-corrected chi connectivity index (χ3v) is 3.63. The maximum atomic E-state index is 12.3. The first kappa shape index (κ1) is 14.4. The number of carbonyl (C=O) groups excluding carboxylic acids is 1. The van der Waals surface area contributed by atoms with Gasteiger partial charge in [-0.25, -0.2) is 0 Å². The van der Waals surface area contributed by atoms with Crippen LogP contribution in [0.25, 0.3) is 0 Å². The van der Waals surface area contributed by atoms with Gasteiger partial charge in [0.25, 0.3) is 0 Å². The van der Waals surface area contributed by atoms with Crippen molar-refractivity contribution in [3.8, 4) is 0 Å². The number of aryl methyl sites for hydroxylation is 1. The SMILES string of the molecule is Cc1ccc(C(C)NC(=O)[C@@H]2CC=CC[C@@H]2C(=O)O)o1. The number of carbonyl (C=O) groups is 2. The molecule has 5 heteroatoms. The number of hydrogen-bond acceptors (Lipinski definition) is 3. The number of furan rings is 1. The van der Waals surface area contributed by atoms with Crippen molar-refractivity contribution >= 4 is 11.9 Å². The van der Waals surface area contributed by atoms with Gasteiger partial charge in [-0.05, 0) is 38.8 Å². The Morgan fingerprint density at radius 1 is 1.30 bits per heavy atom. The summed E-state index contributed by atoms with van der Waals surface area (Å²) in [6, 6.07) is 3.38. The molecule has 1 aromatic rings. The highest BCUT2D eigenvalue weighted by molar-refractivity contribution is 5.85. The summed E-state index contributed by atoms with van der Waals surface area (Å²) in [6.45, 7) is 3.66. The van der Waals surface area contributed by atoms with Crippen molar-refractivity contribution in [3.05, 3.63) is 35.8 Å². The molecule has 1 amide bonds. The second-order valence-corrected chi connectivity index (χ2v) is 5.17. The van der Waals surface area contributed by atoms with Gasteiger partial charge < -0.3 is 14.8 Å². The molecule has 0 bridgehead atoms. The van der Waals surface area contributed by atoms with Gasteiger partial charge >= 0.3 is 5.97 Å². The minimum absolute atomic E-state index is 0.233. The van der Waals surface area contributed by atoms with Gasteiger partial charge in [-0.2, -0.15) is 0 Å². The zero-order valence-corrected chi connectivity index (χ0v) is 11.6. The highest BCUT2D eigenvalue weighted by Gasteiger charge is 2.34. The summed E-state index contributed by atoms with van der Waals surface area (Å²) in [5, 5.41) is 12.0. The summed E-state index contributed by atoms with van der Waals surface area (Å²) < 4.78 is 5.46. The molecular formula is C15H19NO4. The number of aliphatic carboxylic acids is 1. The van der Waals surface area contributed by atoms with Crippen LogP contribution in [0.2, 0.25) is 0 Å². The Morgan fingerprint density at radius 2 is 1.95 bits per heavy atom. The molecule has 0 spiro atoms. The van der Waals surface area contributed by atoms with Crippen molar-refractivity contribution < 1.29 is 19.1 Å². The zero-order chi connectivity index (χ0) is 14.7. The highest BCUT2D eigenvalue weighted by Crippen LogP contribution is 2.27. The molecule has 2 rings (SSSR count). The second kappa shape index (κ2) is 5.94. The molecule has 108 valence electrons. The number of rotatable bonds is 4. The normalized spacial score (nSPS) is 23.3. The van der Waals surface area contributed by atoms with Crippen LogP contribution in [0.5, 0.6) is 0 Å². The summed E-state index contributed by atoms with van der Waals surface area (Å²) in [5.41, 5.74) is 0. The van der Waals surface area contributed by atoms with Crippen LogP contribution in [0.1, 0.15) is 37.3 Å². The zero-order valence-electron chi connectivity index (χ0n) is 11.6. The van der Waals surface area contributed by atoms with Crippen LogP contribution in [-0.2, 0) is 9.59 Å². The Kier molecular flexibility index (Phi) is 4.27. The summed E-state index contributed by atoms with van der Waals surface area (Å²) in [4.78, 5) is 23.4. The van der Waals surface area contributed by atoms with E-state index < -0.39 is 17.8 Å². The molecule has 5 nitrogen and oxygen atoms in total. The summed E-state index contributed by atoms with van der Waals surface area (Å²) in [6.07, 6.45) is 4.56. The number of amides is 1. The van der Waals surface area contributed by atoms with Crippen molar-refractivity contribution in [2.24, 2.45) is 11.8 Å². The molecule has 1 unspecified atom stereocenters. The molecule has 0 saturated heterocycles. The molecule has 1 aliphatic rings. The summed E-state index contributed by atoms with van der Waals surface area (Å²) in [5.74, 6) is -0.861. The molecule has 0 aliphatic heterocycles. The van der Waals surface area contributed by atoms with Crippen molar-refractivity contribution in [3.63, 3.8) is 0 Å². The van der Waals surface area contributed by atoms with Gasteiger partial charge in [0.15, 0.2) is 0 Å². The molecule has 0 fully saturated rings. The van der Waals surface area contributed by atoms with Crippen LogP contribution >= 0.6 is 0 Å². The van der Waals surface area contributed by atoms with Gasteiger partial charge in [0, 0.05) is 0 Å². The van der Waals surface area contributed by atoms with Gasteiger partial charge in [-0.1, -0.05) is 12.2 Å². The fraction of sp³-hybridized carbons (Fsp3) is 0.467. The molecule has 0 radical (unpaired) electrons. The van der Waals surface area contributed by atoms with E-state index in [1.54, 1.807) is 0 Å². The average Bonchev–Trinajstić information content (AvgIpc) is 2.85. The van der Waals surface area contributed by atoms with Crippen molar-refractivity contribution in [1.82, 2.24) is 5.32 Å². The first-order valence-electron chi connectivity index (χ1n) is 6.73.